The highest BCUT2D eigenvalue weighted by atomic mass is 16.5. The van der Waals surface area contributed by atoms with Crippen molar-refractivity contribution in [1.82, 2.24) is 15.5 Å². The fourth-order valence-corrected chi connectivity index (χ4v) is 2.16. The monoisotopic (exact) mass is 227 g/mol. The minimum Gasteiger partial charge on any atom is -0.380 e. The lowest BCUT2D eigenvalue weighted by atomic mass is 9.99. The quantitative estimate of drug-likeness (QED) is 0.492. The zero-order valence-corrected chi connectivity index (χ0v) is 9.41. The summed E-state index contributed by atoms with van der Waals surface area (Å²) in [6.45, 7) is 4.51. The van der Waals surface area contributed by atoms with Crippen LogP contribution >= 0.6 is 0 Å². The van der Waals surface area contributed by atoms with Gasteiger partial charge in [0.25, 0.3) is 5.91 Å². The van der Waals surface area contributed by atoms with Gasteiger partial charge >= 0.3 is 6.03 Å². The van der Waals surface area contributed by atoms with E-state index in [1.165, 1.54) is 4.90 Å². The summed E-state index contributed by atoms with van der Waals surface area (Å²) in [6.07, 6.45) is 0.669. The van der Waals surface area contributed by atoms with E-state index in [0.29, 0.717) is 32.7 Å². The van der Waals surface area contributed by atoms with Crippen molar-refractivity contribution in [3.63, 3.8) is 0 Å². The zero-order valence-electron chi connectivity index (χ0n) is 9.41. The van der Waals surface area contributed by atoms with Crippen LogP contribution in [0.1, 0.15) is 13.3 Å². The van der Waals surface area contributed by atoms with Crippen LogP contribution < -0.4 is 10.6 Å². The van der Waals surface area contributed by atoms with Gasteiger partial charge in [0.15, 0.2) is 0 Å². The fraction of sp³-hybridized carbons (Fsp3) is 0.800. The average Bonchev–Trinajstić information content (AvgIpc) is 2.80. The summed E-state index contributed by atoms with van der Waals surface area (Å²) in [7, 11) is 0. The van der Waals surface area contributed by atoms with E-state index in [-0.39, 0.29) is 11.9 Å². The van der Waals surface area contributed by atoms with E-state index in [4.69, 9.17) is 4.74 Å². The van der Waals surface area contributed by atoms with Gasteiger partial charge in [-0.15, -0.1) is 0 Å². The summed E-state index contributed by atoms with van der Waals surface area (Å²) in [4.78, 5) is 25.0. The number of carbonyl (C=O) groups is 2. The Morgan fingerprint density at radius 2 is 2.31 bits per heavy atom. The molecule has 3 amide bonds. The van der Waals surface area contributed by atoms with Crippen molar-refractivity contribution < 1.29 is 14.3 Å². The molecule has 0 aromatic heterocycles. The summed E-state index contributed by atoms with van der Waals surface area (Å²) in [6, 6.07) is -0.298. The normalized spacial score (nSPS) is 29.2. The summed E-state index contributed by atoms with van der Waals surface area (Å²) in [5, 5.41) is 5.88. The molecule has 6 heteroatoms. The highest BCUT2D eigenvalue weighted by molar-refractivity contribution is 6.07. The second kappa shape index (κ2) is 4.39. The number of hydrogen-bond acceptors (Lipinski definition) is 4. The maximum atomic E-state index is 12.1. The number of carbonyl (C=O) groups excluding carboxylic acids is 2. The van der Waals surface area contributed by atoms with Crippen molar-refractivity contribution >= 4 is 11.9 Å². The second-order valence-corrected chi connectivity index (χ2v) is 4.09. The number of amides is 3. The molecule has 2 aliphatic heterocycles. The summed E-state index contributed by atoms with van der Waals surface area (Å²) < 4.78 is 5.15. The first-order chi connectivity index (χ1) is 7.69. The van der Waals surface area contributed by atoms with Gasteiger partial charge in [-0.25, -0.2) is 4.79 Å². The largest absolute Gasteiger partial charge is 0.380 e. The molecule has 2 saturated heterocycles. The van der Waals surface area contributed by atoms with Crippen molar-refractivity contribution in [1.29, 1.82) is 0 Å². The van der Waals surface area contributed by atoms with Crippen molar-refractivity contribution in [2.24, 2.45) is 0 Å². The predicted molar refractivity (Wildman–Crippen MR) is 57.0 cm³/mol. The molecule has 0 bridgehead atoms. The van der Waals surface area contributed by atoms with Crippen molar-refractivity contribution in [3.8, 4) is 0 Å². The molecule has 2 aliphatic rings. The third kappa shape index (κ3) is 1.78. The van der Waals surface area contributed by atoms with Crippen molar-refractivity contribution in [3.05, 3.63) is 0 Å². The zero-order chi connectivity index (χ0) is 11.6. The Bertz CT molecular complexity index is 300. The lowest BCUT2D eigenvalue weighted by molar-refractivity contribution is -0.131. The lowest BCUT2D eigenvalue weighted by Gasteiger charge is -2.19. The molecule has 1 atom stereocenters. The molecule has 90 valence electrons. The van der Waals surface area contributed by atoms with E-state index in [1.807, 2.05) is 6.92 Å². The molecular formula is C10H17N3O3. The lowest BCUT2D eigenvalue weighted by Crippen LogP contribution is -2.48. The summed E-state index contributed by atoms with van der Waals surface area (Å²) in [5.41, 5.74) is -0.691. The molecule has 2 fully saturated rings. The van der Waals surface area contributed by atoms with Crippen LogP contribution in [0, 0.1) is 0 Å². The Morgan fingerprint density at radius 3 is 2.94 bits per heavy atom. The molecule has 0 aliphatic carbocycles. The first kappa shape index (κ1) is 11.3. The Balaban J connectivity index is 1.99. The van der Waals surface area contributed by atoms with Gasteiger partial charge < -0.3 is 15.4 Å². The molecule has 0 aromatic rings. The van der Waals surface area contributed by atoms with Crippen LogP contribution in [0.25, 0.3) is 0 Å². The van der Waals surface area contributed by atoms with Crippen molar-refractivity contribution in [2.45, 2.75) is 18.9 Å². The number of nitrogens with one attached hydrogen (secondary N) is 2. The maximum absolute atomic E-state index is 12.1. The number of nitrogens with zero attached hydrogens (tertiary/aromatic N) is 1. The first-order valence-electron chi connectivity index (χ1n) is 5.62. The minimum atomic E-state index is -0.691. The van der Waals surface area contributed by atoms with E-state index >= 15 is 0 Å². The average molecular weight is 227 g/mol. The summed E-state index contributed by atoms with van der Waals surface area (Å²) in [5.74, 6) is -0.123. The van der Waals surface area contributed by atoms with Gasteiger partial charge in [0, 0.05) is 13.2 Å². The Hall–Kier alpha value is -1.14. The number of imide groups is 1. The van der Waals surface area contributed by atoms with E-state index in [0.717, 1.165) is 6.54 Å². The standard InChI is InChI=1S/C10H17N3O3/c1-2-16-6-5-13-8(14)10(12-9(13)15)3-4-11-7-10/h11H,2-7H2,1H3,(H,12,15). The molecule has 16 heavy (non-hydrogen) atoms. The fourth-order valence-electron chi connectivity index (χ4n) is 2.16. The molecular weight excluding hydrogens is 210 g/mol. The van der Waals surface area contributed by atoms with Crippen LogP contribution in [0.4, 0.5) is 4.79 Å². The number of hydrogen-bond donors (Lipinski definition) is 2. The maximum Gasteiger partial charge on any atom is 0.325 e. The molecule has 2 heterocycles. The van der Waals surface area contributed by atoms with Gasteiger partial charge in [0.1, 0.15) is 5.54 Å². The van der Waals surface area contributed by atoms with Crippen molar-refractivity contribution in [2.75, 3.05) is 32.8 Å². The van der Waals surface area contributed by atoms with Crippen LogP contribution in [0.2, 0.25) is 0 Å². The third-order valence-corrected chi connectivity index (χ3v) is 3.06. The predicted octanol–water partition coefficient (Wildman–Crippen LogP) is -0.693. The molecule has 6 nitrogen and oxygen atoms in total. The van der Waals surface area contributed by atoms with Crippen LogP contribution in [0.3, 0.4) is 0 Å². The molecule has 2 rings (SSSR count). The Morgan fingerprint density at radius 1 is 1.50 bits per heavy atom. The first-order valence-corrected chi connectivity index (χ1v) is 5.62. The minimum absolute atomic E-state index is 0.123. The van der Waals surface area contributed by atoms with E-state index in [1.54, 1.807) is 0 Å². The number of ether oxygens (including phenoxy) is 1. The molecule has 1 unspecified atom stereocenters. The molecule has 2 N–H and O–H groups in total. The van der Waals surface area contributed by atoms with E-state index in [9.17, 15) is 9.59 Å². The second-order valence-electron chi connectivity index (χ2n) is 4.09. The van der Waals surface area contributed by atoms with Crippen LogP contribution in [-0.4, -0.2) is 55.2 Å². The number of urea groups is 1. The topological polar surface area (TPSA) is 70.7 Å². The molecule has 0 radical (unpaired) electrons. The highest BCUT2D eigenvalue weighted by Crippen LogP contribution is 2.23. The van der Waals surface area contributed by atoms with Gasteiger partial charge in [-0.05, 0) is 19.9 Å². The van der Waals surface area contributed by atoms with Crippen LogP contribution in [0.5, 0.6) is 0 Å². The van der Waals surface area contributed by atoms with Crippen LogP contribution in [0.15, 0.2) is 0 Å². The molecule has 0 saturated carbocycles. The van der Waals surface area contributed by atoms with Gasteiger partial charge in [-0.2, -0.15) is 0 Å². The smallest absolute Gasteiger partial charge is 0.325 e. The molecule has 0 aromatic carbocycles. The van der Waals surface area contributed by atoms with E-state index in [2.05, 4.69) is 10.6 Å². The Labute approximate surface area is 94.3 Å². The SMILES string of the molecule is CCOCCN1C(=O)NC2(CCNC2)C1=O. The molecule has 1 spiro atoms. The summed E-state index contributed by atoms with van der Waals surface area (Å²) >= 11 is 0. The van der Waals surface area contributed by atoms with Gasteiger partial charge in [0.2, 0.25) is 0 Å². The Kier molecular flexibility index (Phi) is 3.11. The van der Waals surface area contributed by atoms with Crippen LogP contribution in [-0.2, 0) is 9.53 Å². The van der Waals surface area contributed by atoms with Gasteiger partial charge in [-0.1, -0.05) is 0 Å². The van der Waals surface area contributed by atoms with E-state index < -0.39 is 5.54 Å². The third-order valence-electron chi connectivity index (χ3n) is 3.06. The van der Waals surface area contributed by atoms with Gasteiger partial charge in [0.05, 0.1) is 13.2 Å². The number of rotatable bonds is 4. The highest BCUT2D eigenvalue weighted by Gasteiger charge is 2.52. The van der Waals surface area contributed by atoms with Gasteiger partial charge in [-0.3, -0.25) is 9.69 Å².